The molecule has 5 rings (SSSR count). The highest BCUT2D eigenvalue weighted by molar-refractivity contribution is 5.97. The minimum absolute atomic E-state index is 0.0538. The smallest absolute Gasteiger partial charge is 0.257 e. The van der Waals surface area contributed by atoms with Gasteiger partial charge in [0.1, 0.15) is 17.3 Å². The Kier molecular flexibility index (Phi) is 6.34. The van der Waals surface area contributed by atoms with Crippen LogP contribution in [0.5, 0.6) is 11.5 Å². The van der Waals surface area contributed by atoms with Crippen molar-refractivity contribution in [3.05, 3.63) is 65.4 Å². The molecule has 1 amide bonds. The number of piperidine rings is 1. The Bertz CT molecular complexity index is 1180. The minimum Gasteiger partial charge on any atom is -0.497 e. The van der Waals surface area contributed by atoms with Crippen LogP contribution in [0.1, 0.15) is 40.9 Å². The van der Waals surface area contributed by atoms with Gasteiger partial charge in [-0.2, -0.15) is 0 Å². The van der Waals surface area contributed by atoms with Crippen molar-refractivity contribution in [2.75, 3.05) is 38.8 Å². The third-order valence-corrected chi connectivity index (χ3v) is 6.65. The lowest BCUT2D eigenvalue weighted by molar-refractivity contribution is 0.0730. The van der Waals surface area contributed by atoms with E-state index in [0.29, 0.717) is 36.6 Å². The summed E-state index contributed by atoms with van der Waals surface area (Å²) in [6.45, 7) is 3.06. The fraction of sp³-hybridized carbons (Fsp3) is 0.370. The monoisotopic (exact) mass is 458 g/mol. The Morgan fingerprint density at radius 1 is 0.912 bits per heavy atom. The average Bonchev–Trinajstić information content (AvgIpc) is 2.92. The highest BCUT2D eigenvalue weighted by Crippen LogP contribution is 2.33. The molecule has 1 aromatic heterocycles. The predicted octanol–water partition coefficient (Wildman–Crippen LogP) is 4.35. The minimum atomic E-state index is -0.0538. The summed E-state index contributed by atoms with van der Waals surface area (Å²) in [6, 6.07) is 15.5. The van der Waals surface area contributed by atoms with E-state index in [2.05, 4.69) is 17.0 Å². The van der Waals surface area contributed by atoms with E-state index in [0.717, 1.165) is 54.4 Å². The largest absolute Gasteiger partial charge is 0.497 e. The first-order valence-electron chi connectivity index (χ1n) is 11.9. The molecule has 7 heteroatoms. The van der Waals surface area contributed by atoms with Crippen LogP contribution in [0.25, 0.3) is 11.4 Å². The fourth-order valence-electron chi connectivity index (χ4n) is 4.80. The summed E-state index contributed by atoms with van der Waals surface area (Å²) in [5.41, 5.74) is 3.66. The number of hydrogen-bond donors (Lipinski definition) is 0. The first-order valence-corrected chi connectivity index (χ1v) is 11.9. The van der Waals surface area contributed by atoms with Crippen LogP contribution in [0.15, 0.2) is 48.5 Å². The van der Waals surface area contributed by atoms with E-state index in [-0.39, 0.29) is 5.91 Å². The highest BCUT2D eigenvalue weighted by Gasteiger charge is 2.30. The van der Waals surface area contributed by atoms with E-state index in [1.54, 1.807) is 32.4 Å². The Labute approximate surface area is 200 Å². The molecule has 0 N–H and O–H groups in total. The standard InChI is InChI=1S/C27H30N4O3/c1-33-20-11-12-21(24(17-20)34-2)27(32)31-16-13-23-22(18-31)26(30-14-7-4-8-15-30)29-25(28-23)19-9-5-3-6-10-19/h3,5-6,9-12,17H,4,7-8,13-16,18H2,1-2H3. The van der Waals surface area contributed by atoms with Gasteiger partial charge >= 0.3 is 0 Å². The van der Waals surface area contributed by atoms with Crippen molar-refractivity contribution >= 4 is 11.7 Å². The van der Waals surface area contributed by atoms with Gasteiger partial charge < -0.3 is 19.3 Å². The molecular formula is C27H30N4O3. The van der Waals surface area contributed by atoms with Gasteiger partial charge in [0.15, 0.2) is 5.82 Å². The Hall–Kier alpha value is -3.61. The van der Waals surface area contributed by atoms with Gasteiger partial charge in [0.2, 0.25) is 0 Å². The predicted molar refractivity (Wildman–Crippen MR) is 132 cm³/mol. The first kappa shape index (κ1) is 22.2. The second-order valence-corrected chi connectivity index (χ2v) is 8.75. The van der Waals surface area contributed by atoms with E-state index >= 15 is 0 Å². The number of rotatable bonds is 5. The molecule has 0 atom stereocenters. The van der Waals surface area contributed by atoms with Crippen LogP contribution in [0, 0.1) is 0 Å². The number of benzene rings is 2. The van der Waals surface area contributed by atoms with Crippen molar-refractivity contribution in [1.82, 2.24) is 14.9 Å². The molecular weight excluding hydrogens is 428 g/mol. The summed E-state index contributed by atoms with van der Waals surface area (Å²) >= 11 is 0. The van der Waals surface area contributed by atoms with Crippen LogP contribution in [-0.2, 0) is 13.0 Å². The average molecular weight is 459 g/mol. The van der Waals surface area contributed by atoms with Crippen molar-refractivity contribution in [2.24, 2.45) is 0 Å². The molecule has 2 aliphatic heterocycles. The number of hydrogen-bond acceptors (Lipinski definition) is 6. The van der Waals surface area contributed by atoms with Crippen LogP contribution < -0.4 is 14.4 Å². The van der Waals surface area contributed by atoms with Gasteiger partial charge in [-0.25, -0.2) is 9.97 Å². The molecule has 0 aliphatic carbocycles. The third kappa shape index (κ3) is 4.30. The molecule has 176 valence electrons. The molecule has 2 aliphatic rings. The summed E-state index contributed by atoms with van der Waals surface area (Å²) in [5.74, 6) is 2.86. The molecule has 34 heavy (non-hydrogen) atoms. The van der Waals surface area contributed by atoms with Crippen molar-refractivity contribution in [3.8, 4) is 22.9 Å². The van der Waals surface area contributed by atoms with Crippen LogP contribution in [0.4, 0.5) is 5.82 Å². The van der Waals surface area contributed by atoms with Crippen molar-refractivity contribution in [3.63, 3.8) is 0 Å². The quantitative estimate of drug-likeness (QED) is 0.566. The third-order valence-electron chi connectivity index (χ3n) is 6.65. The number of fused-ring (bicyclic) bond motifs is 1. The van der Waals surface area contributed by atoms with Crippen LogP contribution in [0.2, 0.25) is 0 Å². The summed E-state index contributed by atoms with van der Waals surface area (Å²) in [7, 11) is 3.17. The van der Waals surface area contributed by atoms with Gasteiger partial charge in [-0.1, -0.05) is 30.3 Å². The molecule has 0 saturated carbocycles. The molecule has 3 heterocycles. The molecule has 0 unspecified atom stereocenters. The lowest BCUT2D eigenvalue weighted by atomic mass is 10.0. The van der Waals surface area contributed by atoms with E-state index in [9.17, 15) is 4.79 Å². The van der Waals surface area contributed by atoms with Gasteiger partial charge in [-0.3, -0.25) is 4.79 Å². The van der Waals surface area contributed by atoms with Crippen LogP contribution >= 0.6 is 0 Å². The SMILES string of the molecule is COc1ccc(C(=O)N2CCc3nc(-c4ccccc4)nc(N4CCCCC4)c3C2)c(OC)c1. The summed E-state index contributed by atoms with van der Waals surface area (Å²) in [5, 5.41) is 0. The first-order chi connectivity index (χ1) is 16.7. The molecule has 7 nitrogen and oxygen atoms in total. The van der Waals surface area contributed by atoms with E-state index in [1.807, 2.05) is 23.1 Å². The van der Waals surface area contributed by atoms with E-state index < -0.39 is 0 Å². The normalized spacial score (nSPS) is 15.6. The number of aromatic nitrogens is 2. The van der Waals surface area contributed by atoms with Gasteiger partial charge in [0, 0.05) is 43.2 Å². The van der Waals surface area contributed by atoms with Gasteiger partial charge in [-0.15, -0.1) is 0 Å². The lowest BCUT2D eigenvalue weighted by Crippen LogP contribution is -2.39. The zero-order chi connectivity index (χ0) is 23.5. The van der Waals surface area contributed by atoms with Gasteiger partial charge in [0.25, 0.3) is 5.91 Å². The molecule has 2 aromatic carbocycles. The maximum Gasteiger partial charge on any atom is 0.257 e. The summed E-state index contributed by atoms with van der Waals surface area (Å²) in [6.07, 6.45) is 4.26. The van der Waals surface area contributed by atoms with Crippen molar-refractivity contribution in [2.45, 2.75) is 32.2 Å². The fourth-order valence-corrected chi connectivity index (χ4v) is 4.80. The number of ether oxygens (including phenoxy) is 2. The lowest BCUT2D eigenvalue weighted by Gasteiger charge is -2.35. The zero-order valence-corrected chi connectivity index (χ0v) is 19.8. The molecule has 1 saturated heterocycles. The van der Waals surface area contributed by atoms with Crippen molar-refractivity contribution in [1.29, 1.82) is 0 Å². The van der Waals surface area contributed by atoms with Gasteiger partial charge in [0.05, 0.1) is 32.0 Å². The van der Waals surface area contributed by atoms with Crippen LogP contribution in [0.3, 0.4) is 0 Å². The molecule has 0 radical (unpaired) electrons. The van der Waals surface area contributed by atoms with Crippen molar-refractivity contribution < 1.29 is 14.3 Å². The second kappa shape index (κ2) is 9.71. The van der Waals surface area contributed by atoms with E-state index in [1.165, 1.54) is 6.42 Å². The summed E-state index contributed by atoms with van der Waals surface area (Å²) < 4.78 is 10.8. The maximum atomic E-state index is 13.5. The number of nitrogens with zero attached hydrogens (tertiary/aromatic N) is 4. The molecule has 3 aromatic rings. The molecule has 0 spiro atoms. The van der Waals surface area contributed by atoms with E-state index in [4.69, 9.17) is 19.4 Å². The summed E-state index contributed by atoms with van der Waals surface area (Å²) in [4.78, 5) is 27.8. The number of methoxy groups -OCH3 is 2. The second-order valence-electron chi connectivity index (χ2n) is 8.75. The Morgan fingerprint density at radius 2 is 1.71 bits per heavy atom. The number of amides is 1. The maximum absolute atomic E-state index is 13.5. The number of carbonyl (C=O) groups excluding carboxylic acids is 1. The van der Waals surface area contributed by atoms with Gasteiger partial charge in [-0.05, 0) is 31.4 Å². The molecule has 0 bridgehead atoms. The van der Waals surface area contributed by atoms with Crippen LogP contribution in [-0.4, -0.2) is 54.6 Å². The number of carbonyl (C=O) groups is 1. The molecule has 1 fully saturated rings. The Morgan fingerprint density at radius 3 is 2.44 bits per heavy atom. The zero-order valence-electron chi connectivity index (χ0n) is 19.8. The number of anilines is 1. The Balaban J connectivity index is 1.50. The highest BCUT2D eigenvalue weighted by atomic mass is 16.5. The topological polar surface area (TPSA) is 67.8 Å².